The number of nitrogens with one attached hydrogen (secondary N) is 1. The minimum Gasteiger partial charge on any atom is -0.496 e. The lowest BCUT2D eigenvalue weighted by molar-refractivity contribution is -0.137. The van der Waals surface area contributed by atoms with Gasteiger partial charge in [0.05, 0.1) is 30.4 Å². The van der Waals surface area contributed by atoms with Crippen LogP contribution in [-0.4, -0.2) is 21.5 Å². The predicted octanol–water partition coefficient (Wildman–Crippen LogP) is 4.71. The van der Waals surface area contributed by atoms with Gasteiger partial charge in [0.15, 0.2) is 0 Å². The van der Waals surface area contributed by atoms with Crippen LogP contribution in [0.4, 0.5) is 13.2 Å². The number of aromatic amines is 1. The highest BCUT2D eigenvalue weighted by Gasteiger charge is 2.30. The van der Waals surface area contributed by atoms with E-state index in [-0.39, 0.29) is 23.3 Å². The van der Waals surface area contributed by atoms with Crippen molar-refractivity contribution in [2.75, 3.05) is 7.11 Å². The molecule has 0 amide bonds. The second-order valence-corrected chi connectivity index (χ2v) is 7.77. The Morgan fingerprint density at radius 2 is 1.50 bits per heavy atom. The second-order valence-electron chi connectivity index (χ2n) is 7.77. The third kappa shape index (κ3) is 3.45. The average Bonchev–Trinajstić information content (AvgIpc) is 3.18. The van der Waals surface area contributed by atoms with Gasteiger partial charge in [0.2, 0.25) is 0 Å². The van der Waals surface area contributed by atoms with Gasteiger partial charge < -0.3 is 4.74 Å². The van der Waals surface area contributed by atoms with Gasteiger partial charge >= 0.3 is 6.18 Å². The van der Waals surface area contributed by atoms with Crippen LogP contribution in [0.25, 0.3) is 27.5 Å². The van der Waals surface area contributed by atoms with E-state index in [0.717, 1.165) is 16.8 Å². The molecule has 0 radical (unpaired) electrons. The first-order valence-electron chi connectivity index (χ1n) is 10.4. The first kappa shape index (κ1) is 21.6. The molecule has 3 aromatic carbocycles. The molecule has 34 heavy (non-hydrogen) atoms. The number of alkyl halides is 3. The molecule has 2 heterocycles. The van der Waals surface area contributed by atoms with Crippen LogP contribution in [0, 0.1) is 0 Å². The van der Waals surface area contributed by atoms with Crippen molar-refractivity contribution in [2.45, 2.75) is 12.7 Å². The van der Waals surface area contributed by atoms with Gasteiger partial charge in [-0.1, -0.05) is 36.4 Å². The van der Waals surface area contributed by atoms with E-state index in [1.165, 1.54) is 23.8 Å². The summed E-state index contributed by atoms with van der Waals surface area (Å²) in [5.74, 6) is 0.564. The lowest BCUT2D eigenvalue weighted by Gasteiger charge is -2.12. The number of hydrogen-bond donors (Lipinski definition) is 1. The smallest absolute Gasteiger partial charge is 0.416 e. The van der Waals surface area contributed by atoms with Crippen LogP contribution >= 0.6 is 0 Å². The minimum atomic E-state index is -4.49. The van der Waals surface area contributed by atoms with Crippen LogP contribution in [0.3, 0.4) is 0 Å². The Morgan fingerprint density at radius 1 is 0.853 bits per heavy atom. The van der Waals surface area contributed by atoms with Crippen molar-refractivity contribution < 1.29 is 17.9 Å². The average molecular weight is 465 g/mol. The van der Waals surface area contributed by atoms with E-state index in [1.54, 1.807) is 48.5 Å². The van der Waals surface area contributed by atoms with Gasteiger partial charge in [-0.25, -0.2) is 4.68 Å². The van der Waals surface area contributed by atoms with Crippen molar-refractivity contribution in [1.29, 1.82) is 0 Å². The van der Waals surface area contributed by atoms with Gasteiger partial charge in [-0.15, -0.1) is 0 Å². The summed E-state index contributed by atoms with van der Waals surface area (Å²) in [5.41, 5.74) is -0.277. The Balaban J connectivity index is 1.78. The third-order valence-corrected chi connectivity index (χ3v) is 5.78. The monoisotopic (exact) mass is 465 g/mol. The van der Waals surface area contributed by atoms with E-state index < -0.39 is 17.3 Å². The molecule has 0 aliphatic heterocycles. The predicted molar refractivity (Wildman–Crippen MR) is 123 cm³/mol. The van der Waals surface area contributed by atoms with Crippen LogP contribution in [0.2, 0.25) is 0 Å². The lowest BCUT2D eigenvalue weighted by atomic mass is 10.1. The zero-order valence-corrected chi connectivity index (χ0v) is 17.9. The molecule has 0 saturated heterocycles. The summed E-state index contributed by atoms with van der Waals surface area (Å²) >= 11 is 0. The summed E-state index contributed by atoms with van der Waals surface area (Å²) in [6, 6.07) is 18.3. The molecule has 5 rings (SSSR count). The van der Waals surface area contributed by atoms with Crippen molar-refractivity contribution in [2.24, 2.45) is 0 Å². The molecule has 5 aromatic rings. The SMILES string of the molecule is COc1ccccc1Cn1c(=O)c2ccccc2c2[nH]n(-c3ccc(C(F)(F)F)cc3)c(=O)c21. The van der Waals surface area contributed by atoms with Gasteiger partial charge in [0, 0.05) is 16.3 Å². The molecule has 0 unspecified atom stereocenters. The Labute approximate surface area is 190 Å². The highest BCUT2D eigenvalue weighted by molar-refractivity contribution is 6.03. The molecule has 172 valence electrons. The molecule has 0 atom stereocenters. The molecule has 0 fully saturated rings. The van der Waals surface area contributed by atoms with Gasteiger partial charge in [0.25, 0.3) is 11.1 Å². The highest BCUT2D eigenvalue weighted by Crippen LogP contribution is 2.30. The minimum absolute atomic E-state index is 0.0737. The van der Waals surface area contributed by atoms with Crippen molar-refractivity contribution >= 4 is 21.8 Å². The number of nitrogens with zero attached hydrogens (tertiary/aromatic N) is 2. The number of ether oxygens (including phenoxy) is 1. The zero-order valence-electron chi connectivity index (χ0n) is 17.9. The summed E-state index contributed by atoms with van der Waals surface area (Å²) in [4.78, 5) is 26.9. The van der Waals surface area contributed by atoms with Crippen LogP contribution in [-0.2, 0) is 12.7 Å². The van der Waals surface area contributed by atoms with E-state index >= 15 is 0 Å². The van der Waals surface area contributed by atoms with E-state index in [4.69, 9.17) is 4.74 Å². The standard InChI is InChI=1S/C25H18F3N3O3/c1-34-20-9-5-2-6-15(20)14-30-22-21(18-7-3-4-8-19(18)23(30)32)29-31(24(22)33)17-12-10-16(11-13-17)25(26,27)28/h2-13,29H,14H2,1H3. The third-order valence-electron chi connectivity index (χ3n) is 5.78. The molecule has 0 spiro atoms. The van der Waals surface area contributed by atoms with Crippen LogP contribution in [0.15, 0.2) is 82.4 Å². The molecule has 9 heteroatoms. The number of benzene rings is 3. The van der Waals surface area contributed by atoms with Gasteiger partial charge in [-0.05, 0) is 36.4 Å². The zero-order chi connectivity index (χ0) is 24.0. The highest BCUT2D eigenvalue weighted by atomic mass is 19.4. The number of fused-ring (bicyclic) bond motifs is 3. The Kier molecular flexibility index (Phi) is 5.04. The Morgan fingerprint density at radius 3 is 2.18 bits per heavy atom. The first-order valence-corrected chi connectivity index (χ1v) is 10.4. The first-order chi connectivity index (χ1) is 16.3. The topological polar surface area (TPSA) is 69.0 Å². The normalized spacial score (nSPS) is 11.9. The molecule has 0 bridgehead atoms. The fourth-order valence-electron chi connectivity index (χ4n) is 4.14. The van der Waals surface area contributed by atoms with E-state index in [0.29, 0.717) is 27.6 Å². The maximum atomic E-state index is 13.5. The van der Waals surface area contributed by atoms with Crippen molar-refractivity contribution in [3.8, 4) is 11.4 Å². The van der Waals surface area contributed by atoms with Crippen LogP contribution < -0.4 is 15.9 Å². The molecule has 0 aliphatic rings. The number of pyridine rings is 1. The summed E-state index contributed by atoms with van der Waals surface area (Å²) in [6.45, 7) is 0.0737. The van der Waals surface area contributed by atoms with Crippen LogP contribution in [0.1, 0.15) is 11.1 Å². The van der Waals surface area contributed by atoms with E-state index in [1.807, 2.05) is 0 Å². The maximum Gasteiger partial charge on any atom is 0.416 e. The Bertz CT molecular complexity index is 1640. The maximum absolute atomic E-state index is 13.5. The summed E-state index contributed by atoms with van der Waals surface area (Å²) < 4.78 is 46.9. The number of halogens is 3. The van der Waals surface area contributed by atoms with Crippen molar-refractivity contribution in [1.82, 2.24) is 14.3 Å². The molecule has 0 saturated carbocycles. The number of methoxy groups -OCH3 is 1. The summed E-state index contributed by atoms with van der Waals surface area (Å²) in [6.07, 6.45) is -4.49. The number of H-pyrrole nitrogens is 1. The summed E-state index contributed by atoms with van der Waals surface area (Å²) in [7, 11) is 1.52. The number of hydrogen-bond acceptors (Lipinski definition) is 3. The van der Waals surface area contributed by atoms with Gasteiger partial charge in [-0.3, -0.25) is 19.3 Å². The molecule has 1 N–H and O–H groups in total. The molecule has 2 aromatic heterocycles. The largest absolute Gasteiger partial charge is 0.496 e. The number of rotatable bonds is 4. The van der Waals surface area contributed by atoms with Gasteiger partial charge in [-0.2, -0.15) is 13.2 Å². The number of para-hydroxylation sites is 1. The fourth-order valence-corrected chi connectivity index (χ4v) is 4.14. The lowest BCUT2D eigenvalue weighted by Crippen LogP contribution is -2.26. The molecule has 6 nitrogen and oxygen atoms in total. The van der Waals surface area contributed by atoms with Gasteiger partial charge in [0.1, 0.15) is 11.3 Å². The van der Waals surface area contributed by atoms with E-state index in [9.17, 15) is 22.8 Å². The second kappa shape index (κ2) is 7.95. The fraction of sp³-hybridized carbons (Fsp3) is 0.120. The van der Waals surface area contributed by atoms with Crippen molar-refractivity contribution in [3.63, 3.8) is 0 Å². The Hall–Kier alpha value is -4.27. The van der Waals surface area contributed by atoms with Crippen LogP contribution in [0.5, 0.6) is 5.75 Å². The quantitative estimate of drug-likeness (QED) is 0.418. The molecule has 0 aliphatic carbocycles. The molecular weight excluding hydrogens is 447 g/mol. The van der Waals surface area contributed by atoms with Crippen molar-refractivity contribution in [3.05, 3.63) is 105 Å². The molecular formula is C25H18F3N3O3. The van der Waals surface area contributed by atoms with E-state index in [2.05, 4.69) is 5.10 Å². The number of aromatic nitrogens is 3. The summed E-state index contributed by atoms with van der Waals surface area (Å²) in [5, 5.41) is 3.95.